The number of morpholine rings is 1. The molecule has 3 heteroatoms. The molecule has 2 aliphatic heterocycles. The number of hydrogen-bond acceptors (Lipinski definition) is 3. The van der Waals surface area contributed by atoms with Crippen molar-refractivity contribution in [1.82, 2.24) is 10.2 Å². The van der Waals surface area contributed by atoms with Gasteiger partial charge in [-0.05, 0) is 25.8 Å². The topological polar surface area (TPSA) is 24.5 Å². The summed E-state index contributed by atoms with van der Waals surface area (Å²) in [5, 5.41) is 3.56. The van der Waals surface area contributed by atoms with Gasteiger partial charge in [0.15, 0.2) is 0 Å². The van der Waals surface area contributed by atoms with Crippen molar-refractivity contribution < 1.29 is 4.74 Å². The average Bonchev–Trinajstić information content (AvgIpc) is 2.46. The van der Waals surface area contributed by atoms with Crippen LogP contribution in [0.2, 0.25) is 0 Å². The van der Waals surface area contributed by atoms with E-state index in [0.29, 0.717) is 12.1 Å². The normalized spacial score (nSPS) is 30.0. The monoisotopic (exact) mass is 268 g/mol. The summed E-state index contributed by atoms with van der Waals surface area (Å²) in [6.45, 7) is 8.95. The van der Waals surface area contributed by atoms with E-state index >= 15 is 0 Å². The van der Waals surface area contributed by atoms with E-state index in [1.54, 1.807) is 0 Å². The Hall–Kier alpha value is -0.120. The summed E-state index contributed by atoms with van der Waals surface area (Å²) >= 11 is 0. The SMILES string of the molecule is CCCCCC(CCC)N1CCO[C@H]2CCNC[C@H]21. The van der Waals surface area contributed by atoms with E-state index < -0.39 is 0 Å². The summed E-state index contributed by atoms with van der Waals surface area (Å²) in [4.78, 5) is 2.78. The first-order chi connectivity index (χ1) is 9.36. The first-order valence-corrected chi connectivity index (χ1v) is 8.44. The number of piperidine rings is 1. The van der Waals surface area contributed by atoms with Crippen LogP contribution in [0.15, 0.2) is 0 Å². The Morgan fingerprint density at radius 1 is 1.21 bits per heavy atom. The van der Waals surface area contributed by atoms with E-state index in [0.717, 1.165) is 32.3 Å². The molecule has 0 aliphatic carbocycles. The van der Waals surface area contributed by atoms with E-state index in [1.165, 1.54) is 44.9 Å². The molecular weight excluding hydrogens is 236 g/mol. The highest BCUT2D eigenvalue weighted by molar-refractivity contribution is 4.92. The van der Waals surface area contributed by atoms with Crippen LogP contribution in [0.1, 0.15) is 58.8 Å². The molecule has 112 valence electrons. The Balaban J connectivity index is 1.93. The molecule has 2 saturated heterocycles. The van der Waals surface area contributed by atoms with Crippen LogP contribution in [0.25, 0.3) is 0 Å². The van der Waals surface area contributed by atoms with Crippen molar-refractivity contribution in [2.45, 2.75) is 77.0 Å². The summed E-state index contributed by atoms with van der Waals surface area (Å²) < 4.78 is 5.98. The van der Waals surface area contributed by atoms with E-state index in [2.05, 4.69) is 24.1 Å². The highest BCUT2D eigenvalue weighted by atomic mass is 16.5. The maximum Gasteiger partial charge on any atom is 0.0755 e. The Kier molecular flexibility index (Phi) is 6.62. The van der Waals surface area contributed by atoms with Crippen LogP contribution < -0.4 is 5.32 Å². The third kappa shape index (κ3) is 4.17. The minimum Gasteiger partial charge on any atom is -0.375 e. The molecule has 2 aliphatic rings. The van der Waals surface area contributed by atoms with Gasteiger partial charge in [-0.1, -0.05) is 39.5 Å². The molecule has 1 unspecified atom stereocenters. The second kappa shape index (κ2) is 8.23. The van der Waals surface area contributed by atoms with E-state index in [9.17, 15) is 0 Å². The van der Waals surface area contributed by atoms with Crippen molar-refractivity contribution in [3.8, 4) is 0 Å². The van der Waals surface area contributed by atoms with Crippen molar-refractivity contribution in [2.75, 3.05) is 26.2 Å². The first kappa shape index (κ1) is 15.3. The molecule has 19 heavy (non-hydrogen) atoms. The van der Waals surface area contributed by atoms with Gasteiger partial charge in [-0.3, -0.25) is 4.90 Å². The van der Waals surface area contributed by atoms with Gasteiger partial charge in [0.05, 0.1) is 12.7 Å². The fourth-order valence-corrected chi connectivity index (χ4v) is 3.71. The van der Waals surface area contributed by atoms with Crippen LogP contribution in [0.3, 0.4) is 0 Å². The van der Waals surface area contributed by atoms with Crippen LogP contribution in [0.5, 0.6) is 0 Å². The summed E-state index contributed by atoms with van der Waals surface area (Å²) in [5.74, 6) is 0. The molecule has 3 atom stereocenters. The lowest BCUT2D eigenvalue weighted by atomic mass is 9.94. The van der Waals surface area contributed by atoms with Crippen LogP contribution >= 0.6 is 0 Å². The summed E-state index contributed by atoms with van der Waals surface area (Å²) in [5.41, 5.74) is 0. The Bertz CT molecular complexity index is 245. The zero-order valence-electron chi connectivity index (χ0n) is 12.9. The highest BCUT2D eigenvalue weighted by Crippen LogP contribution is 2.25. The summed E-state index contributed by atoms with van der Waals surface area (Å²) in [7, 11) is 0. The van der Waals surface area contributed by atoms with Gasteiger partial charge >= 0.3 is 0 Å². The molecule has 2 heterocycles. The molecule has 0 aromatic rings. The molecule has 2 rings (SSSR count). The van der Waals surface area contributed by atoms with Gasteiger partial charge in [0.2, 0.25) is 0 Å². The van der Waals surface area contributed by atoms with Crippen LogP contribution in [-0.2, 0) is 4.74 Å². The molecule has 0 aromatic heterocycles. The number of nitrogens with zero attached hydrogens (tertiary/aromatic N) is 1. The average molecular weight is 268 g/mol. The standard InChI is InChI=1S/C16H32N2O/c1-3-5-6-8-14(7-4-2)18-11-12-19-16-9-10-17-13-15(16)18/h14-17H,3-13H2,1-2H3/t14?,15-,16+/m1/s1. The molecule has 1 N–H and O–H groups in total. The maximum atomic E-state index is 5.98. The minimum atomic E-state index is 0.487. The molecule has 0 radical (unpaired) electrons. The van der Waals surface area contributed by atoms with Crippen LogP contribution in [0.4, 0.5) is 0 Å². The van der Waals surface area contributed by atoms with Crippen molar-refractivity contribution in [3.05, 3.63) is 0 Å². The minimum absolute atomic E-state index is 0.487. The van der Waals surface area contributed by atoms with Crippen molar-refractivity contribution in [2.24, 2.45) is 0 Å². The fourth-order valence-electron chi connectivity index (χ4n) is 3.71. The largest absolute Gasteiger partial charge is 0.375 e. The van der Waals surface area contributed by atoms with Gasteiger partial charge < -0.3 is 10.1 Å². The van der Waals surface area contributed by atoms with Gasteiger partial charge in [-0.15, -0.1) is 0 Å². The highest BCUT2D eigenvalue weighted by Gasteiger charge is 2.36. The van der Waals surface area contributed by atoms with Crippen LogP contribution in [-0.4, -0.2) is 49.3 Å². The smallest absolute Gasteiger partial charge is 0.0755 e. The number of fused-ring (bicyclic) bond motifs is 1. The van der Waals surface area contributed by atoms with Crippen molar-refractivity contribution in [1.29, 1.82) is 0 Å². The second-order valence-corrected chi connectivity index (χ2v) is 6.15. The van der Waals surface area contributed by atoms with Gasteiger partial charge in [0.1, 0.15) is 0 Å². The molecule has 0 amide bonds. The third-order valence-electron chi connectivity index (χ3n) is 4.73. The van der Waals surface area contributed by atoms with Crippen molar-refractivity contribution in [3.63, 3.8) is 0 Å². The molecule has 0 aromatic carbocycles. The maximum absolute atomic E-state index is 5.98. The summed E-state index contributed by atoms with van der Waals surface area (Å²) in [6, 6.07) is 1.41. The number of rotatable bonds is 7. The van der Waals surface area contributed by atoms with Gasteiger partial charge in [0.25, 0.3) is 0 Å². The van der Waals surface area contributed by atoms with Crippen LogP contribution in [0, 0.1) is 0 Å². The lowest BCUT2D eigenvalue weighted by Gasteiger charge is -2.47. The Labute approximate surface area is 119 Å². The first-order valence-electron chi connectivity index (χ1n) is 8.44. The number of nitrogens with one attached hydrogen (secondary N) is 1. The van der Waals surface area contributed by atoms with Gasteiger partial charge in [-0.2, -0.15) is 0 Å². The molecular formula is C16H32N2O. The zero-order valence-corrected chi connectivity index (χ0v) is 12.9. The lowest BCUT2D eigenvalue weighted by Crippen LogP contribution is -2.61. The molecule has 0 saturated carbocycles. The molecule has 2 fully saturated rings. The van der Waals surface area contributed by atoms with E-state index in [-0.39, 0.29) is 0 Å². The number of hydrogen-bond donors (Lipinski definition) is 1. The second-order valence-electron chi connectivity index (χ2n) is 6.15. The van der Waals surface area contributed by atoms with Gasteiger partial charge in [-0.25, -0.2) is 0 Å². The quantitative estimate of drug-likeness (QED) is 0.719. The number of unbranched alkanes of at least 4 members (excludes halogenated alkanes) is 2. The molecule has 0 bridgehead atoms. The lowest BCUT2D eigenvalue weighted by molar-refractivity contribution is -0.0990. The number of ether oxygens (including phenoxy) is 1. The predicted octanol–water partition coefficient (Wildman–Crippen LogP) is 2.80. The molecule has 0 spiro atoms. The van der Waals surface area contributed by atoms with Crippen molar-refractivity contribution >= 4 is 0 Å². The molecule has 3 nitrogen and oxygen atoms in total. The Morgan fingerprint density at radius 3 is 2.89 bits per heavy atom. The zero-order chi connectivity index (χ0) is 13.5. The summed E-state index contributed by atoms with van der Waals surface area (Å²) in [6.07, 6.45) is 9.82. The van der Waals surface area contributed by atoms with Gasteiger partial charge in [0, 0.05) is 25.2 Å². The van der Waals surface area contributed by atoms with E-state index in [4.69, 9.17) is 4.74 Å². The third-order valence-corrected chi connectivity index (χ3v) is 4.73. The Morgan fingerprint density at radius 2 is 2.11 bits per heavy atom. The fraction of sp³-hybridized carbons (Fsp3) is 1.00. The predicted molar refractivity (Wildman–Crippen MR) is 80.6 cm³/mol. The van der Waals surface area contributed by atoms with E-state index in [1.807, 2.05) is 0 Å².